The Bertz CT molecular complexity index is 634. The van der Waals surface area contributed by atoms with Gasteiger partial charge in [-0.1, -0.05) is 43.9 Å². The molecule has 1 fully saturated rings. The lowest BCUT2D eigenvalue weighted by molar-refractivity contribution is -0.113. The summed E-state index contributed by atoms with van der Waals surface area (Å²) in [4.78, 5) is 15.9. The third-order valence-corrected chi connectivity index (χ3v) is 5.84. The highest BCUT2D eigenvalue weighted by atomic mass is 32.2. The molecule has 1 N–H and O–H groups in total. The maximum absolute atomic E-state index is 11.9. The lowest BCUT2D eigenvalue weighted by Crippen LogP contribution is -2.14. The van der Waals surface area contributed by atoms with E-state index in [4.69, 9.17) is 0 Å². The van der Waals surface area contributed by atoms with Crippen molar-refractivity contribution in [1.29, 1.82) is 0 Å². The Hall–Kier alpha value is -1.41. The fraction of sp³-hybridized carbons (Fsp3) is 0.600. The van der Waals surface area contributed by atoms with Crippen LogP contribution in [0, 0.1) is 5.92 Å². The molecule has 6 nitrogen and oxygen atoms in total. The average molecular weight is 352 g/mol. The fourth-order valence-corrected chi connectivity index (χ4v) is 4.14. The normalized spacial score (nSPS) is 15.7. The van der Waals surface area contributed by atoms with Crippen molar-refractivity contribution in [1.82, 2.24) is 19.7 Å². The van der Waals surface area contributed by atoms with Crippen molar-refractivity contribution in [2.45, 2.75) is 43.7 Å². The molecule has 0 unspecified atom stereocenters. The molecule has 0 aromatic carbocycles. The topological polar surface area (TPSA) is 72.7 Å². The average Bonchev–Trinajstić information content (AvgIpc) is 3.18. The molecule has 0 aliphatic heterocycles. The van der Waals surface area contributed by atoms with E-state index in [-0.39, 0.29) is 5.91 Å². The number of amides is 1. The number of hydrogen-bond donors (Lipinski definition) is 1. The van der Waals surface area contributed by atoms with E-state index in [1.807, 2.05) is 17.0 Å². The Kier molecular flexibility index (Phi) is 5.66. The van der Waals surface area contributed by atoms with Crippen LogP contribution in [0.15, 0.2) is 16.7 Å². The Morgan fingerprint density at radius 3 is 2.96 bits per heavy atom. The summed E-state index contributed by atoms with van der Waals surface area (Å²) in [5.41, 5.74) is 0. The van der Waals surface area contributed by atoms with Gasteiger partial charge >= 0.3 is 0 Å². The SMILES string of the molecule is Cn1c(CC2CCCCC2)nnc1SCC(=O)Nc1nccs1. The number of carbonyl (C=O) groups is 1. The van der Waals surface area contributed by atoms with Crippen LogP contribution < -0.4 is 5.32 Å². The second kappa shape index (κ2) is 7.92. The van der Waals surface area contributed by atoms with Crippen molar-refractivity contribution < 1.29 is 4.79 Å². The van der Waals surface area contributed by atoms with E-state index in [2.05, 4.69) is 20.5 Å². The largest absolute Gasteiger partial charge is 0.309 e. The monoisotopic (exact) mass is 351 g/mol. The molecule has 1 aliphatic carbocycles. The van der Waals surface area contributed by atoms with E-state index in [1.54, 1.807) is 6.20 Å². The Morgan fingerprint density at radius 1 is 1.39 bits per heavy atom. The number of nitrogens with one attached hydrogen (secondary N) is 1. The molecule has 2 aromatic rings. The maximum Gasteiger partial charge on any atom is 0.236 e. The number of aromatic nitrogens is 4. The van der Waals surface area contributed by atoms with Gasteiger partial charge in [-0.05, 0) is 5.92 Å². The van der Waals surface area contributed by atoms with Crippen LogP contribution in [0.5, 0.6) is 0 Å². The molecule has 0 saturated heterocycles. The Balaban J connectivity index is 1.51. The van der Waals surface area contributed by atoms with Gasteiger partial charge in [0.15, 0.2) is 10.3 Å². The predicted molar refractivity (Wildman–Crippen MR) is 92.7 cm³/mol. The van der Waals surface area contributed by atoms with Gasteiger partial charge in [-0.25, -0.2) is 4.98 Å². The van der Waals surface area contributed by atoms with Gasteiger partial charge in [0.1, 0.15) is 5.82 Å². The van der Waals surface area contributed by atoms with E-state index in [0.29, 0.717) is 10.9 Å². The van der Waals surface area contributed by atoms with Gasteiger partial charge in [0.2, 0.25) is 5.91 Å². The molecule has 8 heteroatoms. The number of anilines is 1. The Labute approximate surface area is 144 Å². The van der Waals surface area contributed by atoms with E-state index in [1.165, 1.54) is 55.2 Å². The van der Waals surface area contributed by atoms with E-state index in [0.717, 1.165) is 23.3 Å². The van der Waals surface area contributed by atoms with Crippen LogP contribution in [0.1, 0.15) is 37.9 Å². The van der Waals surface area contributed by atoms with Gasteiger partial charge in [-0.2, -0.15) is 0 Å². The summed E-state index contributed by atoms with van der Waals surface area (Å²) in [6.45, 7) is 0. The molecule has 124 valence electrons. The van der Waals surface area contributed by atoms with Crippen molar-refractivity contribution in [3.63, 3.8) is 0 Å². The first kappa shape index (κ1) is 16.4. The summed E-state index contributed by atoms with van der Waals surface area (Å²) in [5, 5.41) is 14.6. The zero-order valence-electron chi connectivity index (χ0n) is 13.2. The van der Waals surface area contributed by atoms with E-state index >= 15 is 0 Å². The summed E-state index contributed by atoms with van der Waals surface area (Å²) < 4.78 is 2.02. The molecule has 3 rings (SSSR count). The lowest BCUT2D eigenvalue weighted by Gasteiger charge is -2.20. The van der Waals surface area contributed by atoms with Crippen LogP contribution in [0.3, 0.4) is 0 Å². The van der Waals surface area contributed by atoms with E-state index < -0.39 is 0 Å². The fourth-order valence-electron chi connectivity index (χ4n) is 2.87. The molecule has 0 atom stereocenters. The highest BCUT2D eigenvalue weighted by Gasteiger charge is 2.18. The van der Waals surface area contributed by atoms with Gasteiger partial charge in [0, 0.05) is 25.0 Å². The first-order chi connectivity index (χ1) is 11.2. The summed E-state index contributed by atoms with van der Waals surface area (Å²) in [6, 6.07) is 0. The van der Waals surface area contributed by atoms with Crippen molar-refractivity contribution in [3.8, 4) is 0 Å². The second-order valence-corrected chi connectivity index (χ2v) is 7.68. The Morgan fingerprint density at radius 2 is 2.22 bits per heavy atom. The molecule has 0 spiro atoms. The first-order valence-corrected chi connectivity index (χ1v) is 9.79. The van der Waals surface area contributed by atoms with Crippen LogP contribution in [-0.2, 0) is 18.3 Å². The molecule has 1 saturated carbocycles. The number of thiazole rings is 1. The van der Waals surface area contributed by atoms with Gasteiger partial charge in [-0.15, -0.1) is 21.5 Å². The summed E-state index contributed by atoms with van der Waals surface area (Å²) in [6.07, 6.45) is 9.30. The van der Waals surface area contributed by atoms with Crippen LogP contribution in [-0.4, -0.2) is 31.4 Å². The number of hydrogen-bond acceptors (Lipinski definition) is 6. The van der Waals surface area contributed by atoms with E-state index in [9.17, 15) is 4.79 Å². The molecule has 2 aromatic heterocycles. The van der Waals surface area contributed by atoms with Crippen molar-refractivity contribution in [2.24, 2.45) is 13.0 Å². The van der Waals surface area contributed by atoms with Gasteiger partial charge in [0.25, 0.3) is 0 Å². The zero-order chi connectivity index (χ0) is 16.1. The smallest absolute Gasteiger partial charge is 0.236 e. The van der Waals surface area contributed by atoms with Gasteiger partial charge in [-0.3, -0.25) is 4.79 Å². The molecule has 2 heterocycles. The van der Waals surface area contributed by atoms with Crippen LogP contribution in [0.2, 0.25) is 0 Å². The zero-order valence-corrected chi connectivity index (χ0v) is 14.8. The third kappa shape index (κ3) is 4.54. The van der Waals surface area contributed by atoms with Crippen molar-refractivity contribution in [3.05, 3.63) is 17.4 Å². The first-order valence-electron chi connectivity index (χ1n) is 7.93. The maximum atomic E-state index is 11.9. The molecule has 1 amide bonds. The highest BCUT2D eigenvalue weighted by molar-refractivity contribution is 7.99. The van der Waals surface area contributed by atoms with Crippen LogP contribution in [0.25, 0.3) is 0 Å². The summed E-state index contributed by atoms with van der Waals surface area (Å²) in [7, 11) is 1.99. The standard InChI is InChI=1S/C15H21N5OS2/c1-20-12(9-11-5-3-2-4-6-11)18-19-15(20)23-10-13(21)17-14-16-7-8-22-14/h7-8,11H,2-6,9-10H2,1H3,(H,16,17,21). The molecule has 1 aliphatic rings. The molecule has 0 bridgehead atoms. The lowest BCUT2D eigenvalue weighted by atomic mass is 9.87. The molecular formula is C15H21N5OS2. The molecule has 23 heavy (non-hydrogen) atoms. The van der Waals surface area contributed by atoms with Crippen LogP contribution >= 0.6 is 23.1 Å². The quantitative estimate of drug-likeness (QED) is 0.810. The summed E-state index contributed by atoms with van der Waals surface area (Å²) in [5.74, 6) is 2.01. The second-order valence-electron chi connectivity index (χ2n) is 5.84. The van der Waals surface area contributed by atoms with Gasteiger partial charge < -0.3 is 9.88 Å². The van der Waals surface area contributed by atoms with Crippen molar-refractivity contribution in [2.75, 3.05) is 11.1 Å². The highest BCUT2D eigenvalue weighted by Crippen LogP contribution is 2.27. The number of carbonyl (C=O) groups excluding carboxylic acids is 1. The number of nitrogens with zero attached hydrogens (tertiary/aromatic N) is 4. The third-order valence-electron chi connectivity index (χ3n) is 4.13. The summed E-state index contributed by atoms with van der Waals surface area (Å²) >= 11 is 2.83. The van der Waals surface area contributed by atoms with Crippen LogP contribution in [0.4, 0.5) is 5.13 Å². The molecular weight excluding hydrogens is 330 g/mol. The minimum atomic E-state index is -0.0678. The predicted octanol–water partition coefficient (Wildman–Crippen LogP) is 3.13. The van der Waals surface area contributed by atoms with Crippen molar-refractivity contribution >= 4 is 34.1 Å². The number of thioether (sulfide) groups is 1. The number of rotatable bonds is 6. The van der Waals surface area contributed by atoms with Gasteiger partial charge in [0.05, 0.1) is 5.75 Å². The minimum absolute atomic E-state index is 0.0678. The minimum Gasteiger partial charge on any atom is -0.309 e. The molecule has 0 radical (unpaired) electrons.